The average Bonchev–Trinajstić information content (AvgIpc) is 3.30. The summed E-state index contributed by atoms with van der Waals surface area (Å²) in [5, 5.41) is 0. The molecule has 3 heterocycles. The molecule has 0 unspecified atom stereocenters. The molecule has 2 saturated heterocycles. The van der Waals surface area contributed by atoms with Gasteiger partial charge in [0.25, 0.3) is 5.56 Å². The van der Waals surface area contributed by atoms with Gasteiger partial charge in [-0.2, -0.15) is 0 Å². The van der Waals surface area contributed by atoms with Crippen LogP contribution in [0.1, 0.15) is 12.8 Å². The number of aromatic nitrogens is 2. The Bertz CT molecular complexity index is 932. The van der Waals surface area contributed by atoms with E-state index in [0.717, 1.165) is 11.1 Å². The molecule has 1 aromatic heterocycles. The van der Waals surface area contributed by atoms with Crippen LogP contribution in [-0.2, 0) is 21.2 Å². The maximum Gasteiger partial charge on any atom is 0.328 e. The van der Waals surface area contributed by atoms with Crippen molar-refractivity contribution in [2.45, 2.75) is 31.5 Å². The molecule has 1 aromatic rings. The Balaban J connectivity index is 1.53. The highest BCUT2D eigenvalue weighted by molar-refractivity contribution is 7.91. The zero-order valence-electron chi connectivity index (χ0n) is 14.3. The number of aromatic amines is 1. The van der Waals surface area contributed by atoms with E-state index in [1.807, 2.05) is 0 Å². The standard InChI is InChI=1S/C16H22N4O5S/c21-14-3-4-19(16(23)17-14)8-15(22)20-6-5-18(7-11-1-2-11)12-9-26(24,25)10-13(12)20/h3-4,11-13H,1-2,5-10H2,(H,17,21,23)/t12-,13+/m1/s1. The first kappa shape index (κ1) is 17.5. The van der Waals surface area contributed by atoms with Gasteiger partial charge in [0, 0.05) is 37.9 Å². The molecule has 4 rings (SSSR count). The second-order valence-corrected chi connectivity index (χ2v) is 9.63. The fourth-order valence-electron chi connectivity index (χ4n) is 4.00. The molecule has 2 aliphatic heterocycles. The van der Waals surface area contributed by atoms with Crippen molar-refractivity contribution in [3.8, 4) is 0 Å². The monoisotopic (exact) mass is 382 g/mol. The summed E-state index contributed by atoms with van der Waals surface area (Å²) in [5.74, 6) is 0.427. The van der Waals surface area contributed by atoms with Gasteiger partial charge in [0.2, 0.25) is 5.91 Å². The highest BCUT2D eigenvalue weighted by Gasteiger charge is 2.48. The smallest absolute Gasteiger partial charge is 0.328 e. The van der Waals surface area contributed by atoms with Crippen LogP contribution < -0.4 is 11.2 Å². The Labute approximate surface area is 150 Å². The van der Waals surface area contributed by atoms with Crippen molar-refractivity contribution in [1.29, 1.82) is 0 Å². The molecule has 0 aromatic carbocycles. The summed E-state index contributed by atoms with van der Waals surface area (Å²) in [5.41, 5.74) is -1.16. The topological polar surface area (TPSA) is 113 Å². The Morgan fingerprint density at radius 1 is 1.15 bits per heavy atom. The Morgan fingerprint density at radius 3 is 2.58 bits per heavy atom. The minimum absolute atomic E-state index is 0.0227. The van der Waals surface area contributed by atoms with E-state index in [4.69, 9.17) is 0 Å². The van der Waals surface area contributed by atoms with Crippen molar-refractivity contribution in [3.63, 3.8) is 0 Å². The molecule has 3 aliphatic rings. The quantitative estimate of drug-likeness (QED) is 0.661. The molecule has 1 saturated carbocycles. The molecular weight excluding hydrogens is 360 g/mol. The SMILES string of the molecule is O=C(Cn1ccc(=O)[nH]c1=O)N1CCN(CC2CC2)[C@@H]2CS(=O)(=O)C[C@@H]21. The zero-order chi connectivity index (χ0) is 18.5. The summed E-state index contributed by atoms with van der Waals surface area (Å²) in [4.78, 5) is 41.7. The first-order chi connectivity index (χ1) is 12.3. The van der Waals surface area contributed by atoms with Crippen molar-refractivity contribution in [2.24, 2.45) is 5.92 Å². The maximum absolute atomic E-state index is 12.8. The summed E-state index contributed by atoms with van der Waals surface area (Å²) in [6, 6.07) is 0.662. The predicted molar refractivity (Wildman–Crippen MR) is 93.6 cm³/mol. The highest BCUT2D eigenvalue weighted by atomic mass is 32.2. The van der Waals surface area contributed by atoms with Gasteiger partial charge in [-0.15, -0.1) is 0 Å². The molecule has 0 bridgehead atoms. The molecular formula is C16H22N4O5S. The van der Waals surface area contributed by atoms with Crippen LogP contribution in [0.5, 0.6) is 0 Å². The highest BCUT2D eigenvalue weighted by Crippen LogP contribution is 2.34. The number of nitrogens with one attached hydrogen (secondary N) is 1. The Kier molecular flexibility index (Phi) is 4.26. The van der Waals surface area contributed by atoms with Crippen LogP contribution in [0.2, 0.25) is 0 Å². The number of piperazine rings is 1. The fraction of sp³-hybridized carbons (Fsp3) is 0.688. The van der Waals surface area contributed by atoms with Gasteiger partial charge in [-0.05, 0) is 18.8 Å². The lowest BCUT2D eigenvalue weighted by Gasteiger charge is -2.44. The molecule has 0 radical (unpaired) electrons. The van der Waals surface area contributed by atoms with E-state index in [1.165, 1.54) is 25.1 Å². The third kappa shape index (κ3) is 3.48. The van der Waals surface area contributed by atoms with Crippen molar-refractivity contribution >= 4 is 15.7 Å². The normalized spacial score (nSPS) is 28.1. The number of carbonyl (C=O) groups is 1. The van der Waals surface area contributed by atoms with Crippen LogP contribution >= 0.6 is 0 Å². The molecule has 26 heavy (non-hydrogen) atoms. The Hall–Kier alpha value is -1.94. The van der Waals surface area contributed by atoms with Gasteiger partial charge in [-0.25, -0.2) is 13.2 Å². The van der Waals surface area contributed by atoms with E-state index in [-0.39, 0.29) is 36.0 Å². The number of amides is 1. The van der Waals surface area contributed by atoms with Crippen LogP contribution in [0.15, 0.2) is 21.9 Å². The van der Waals surface area contributed by atoms with Crippen molar-refractivity contribution in [1.82, 2.24) is 19.4 Å². The van der Waals surface area contributed by atoms with Gasteiger partial charge < -0.3 is 4.90 Å². The molecule has 9 nitrogen and oxygen atoms in total. The molecule has 2 atom stereocenters. The number of rotatable bonds is 4. The van der Waals surface area contributed by atoms with E-state index in [0.29, 0.717) is 19.0 Å². The zero-order valence-corrected chi connectivity index (χ0v) is 15.2. The summed E-state index contributed by atoms with van der Waals surface area (Å²) >= 11 is 0. The number of hydrogen-bond donors (Lipinski definition) is 1. The maximum atomic E-state index is 12.8. The van der Waals surface area contributed by atoms with Crippen LogP contribution in [0.4, 0.5) is 0 Å². The number of fused-ring (bicyclic) bond motifs is 1. The summed E-state index contributed by atoms with van der Waals surface area (Å²) in [7, 11) is -3.18. The summed E-state index contributed by atoms with van der Waals surface area (Å²) < 4.78 is 25.5. The lowest BCUT2D eigenvalue weighted by Crippen LogP contribution is -2.61. The van der Waals surface area contributed by atoms with E-state index in [2.05, 4.69) is 9.88 Å². The van der Waals surface area contributed by atoms with E-state index < -0.39 is 21.1 Å². The fourth-order valence-corrected chi connectivity index (χ4v) is 6.01. The second-order valence-electron chi connectivity index (χ2n) is 7.48. The molecule has 142 valence electrons. The second kappa shape index (κ2) is 6.34. The van der Waals surface area contributed by atoms with Crippen LogP contribution in [-0.4, -0.2) is 76.9 Å². The minimum atomic E-state index is -3.18. The molecule has 0 spiro atoms. The minimum Gasteiger partial charge on any atom is -0.334 e. The van der Waals surface area contributed by atoms with Crippen LogP contribution in [0.25, 0.3) is 0 Å². The summed E-state index contributed by atoms with van der Waals surface area (Å²) in [6.45, 7) is 1.80. The molecule has 1 aliphatic carbocycles. The number of carbonyl (C=O) groups excluding carboxylic acids is 1. The number of hydrogen-bond acceptors (Lipinski definition) is 6. The molecule has 1 amide bonds. The number of H-pyrrole nitrogens is 1. The third-order valence-electron chi connectivity index (χ3n) is 5.50. The van der Waals surface area contributed by atoms with Gasteiger partial charge in [0.15, 0.2) is 9.84 Å². The number of nitrogens with zero attached hydrogens (tertiary/aromatic N) is 3. The Morgan fingerprint density at radius 2 is 1.88 bits per heavy atom. The predicted octanol–water partition coefficient (Wildman–Crippen LogP) is -1.74. The molecule has 1 N–H and O–H groups in total. The van der Waals surface area contributed by atoms with Gasteiger partial charge in [-0.3, -0.25) is 24.0 Å². The molecule has 3 fully saturated rings. The molecule has 10 heteroatoms. The van der Waals surface area contributed by atoms with Crippen molar-refractivity contribution < 1.29 is 13.2 Å². The van der Waals surface area contributed by atoms with E-state index in [9.17, 15) is 22.8 Å². The van der Waals surface area contributed by atoms with E-state index in [1.54, 1.807) is 4.90 Å². The average molecular weight is 382 g/mol. The van der Waals surface area contributed by atoms with Crippen LogP contribution in [0.3, 0.4) is 0 Å². The van der Waals surface area contributed by atoms with Gasteiger partial charge in [0.1, 0.15) is 6.54 Å². The van der Waals surface area contributed by atoms with Gasteiger partial charge >= 0.3 is 5.69 Å². The first-order valence-corrected chi connectivity index (χ1v) is 10.7. The van der Waals surface area contributed by atoms with Gasteiger partial charge in [-0.1, -0.05) is 0 Å². The lowest BCUT2D eigenvalue weighted by atomic mass is 10.0. The summed E-state index contributed by atoms with van der Waals surface area (Å²) in [6.07, 6.45) is 3.67. The first-order valence-electron chi connectivity index (χ1n) is 8.86. The third-order valence-corrected chi connectivity index (χ3v) is 7.20. The van der Waals surface area contributed by atoms with Gasteiger partial charge in [0.05, 0.1) is 17.5 Å². The van der Waals surface area contributed by atoms with Crippen molar-refractivity contribution in [2.75, 3.05) is 31.1 Å². The van der Waals surface area contributed by atoms with Crippen molar-refractivity contribution in [3.05, 3.63) is 33.1 Å². The lowest BCUT2D eigenvalue weighted by molar-refractivity contribution is -0.137. The number of sulfone groups is 1. The van der Waals surface area contributed by atoms with Crippen LogP contribution in [0, 0.1) is 5.92 Å². The van der Waals surface area contributed by atoms with E-state index >= 15 is 0 Å². The largest absolute Gasteiger partial charge is 0.334 e.